The maximum Gasteiger partial charge on any atom is 0.251 e. The zero-order valence-electron chi connectivity index (χ0n) is 10.9. The number of hydrogen-bond donors (Lipinski definition) is 3. The van der Waals surface area contributed by atoms with Crippen LogP contribution in [0.4, 0.5) is 5.82 Å². The highest BCUT2D eigenvalue weighted by Crippen LogP contribution is 2.15. The molecule has 4 N–H and O–H groups in total. The lowest BCUT2D eigenvalue weighted by Gasteiger charge is -2.07. The van der Waals surface area contributed by atoms with E-state index in [2.05, 4.69) is 15.7 Å². The largest absolute Gasteiger partial charge is 0.347 e. The molecule has 0 aromatic carbocycles. The van der Waals surface area contributed by atoms with Gasteiger partial charge in [0.15, 0.2) is 0 Å². The Morgan fingerprint density at radius 1 is 1.37 bits per heavy atom. The van der Waals surface area contributed by atoms with E-state index < -0.39 is 0 Å². The number of hydrogen-bond acceptors (Lipinski definition) is 5. The van der Waals surface area contributed by atoms with Crippen LogP contribution in [-0.4, -0.2) is 10.9 Å². The van der Waals surface area contributed by atoms with Crippen molar-refractivity contribution < 1.29 is 4.79 Å². The first-order chi connectivity index (χ1) is 9.08. The van der Waals surface area contributed by atoms with Crippen molar-refractivity contribution in [2.75, 3.05) is 5.43 Å². The maximum absolute atomic E-state index is 12.0. The number of aromatic nitrogens is 1. The summed E-state index contributed by atoms with van der Waals surface area (Å²) in [5, 5.41) is 2.88. The van der Waals surface area contributed by atoms with Crippen molar-refractivity contribution in [1.29, 1.82) is 0 Å². The van der Waals surface area contributed by atoms with Gasteiger partial charge in [-0.15, -0.1) is 11.3 Å². The van der Waals surface area contributed by atoms with E-state index in [0.717, 1.165) is 10.6 Å². The van der Waals surface area contributed by atoms with Crippen molar-refractivity contribution in [3.63, 3.8) is 0 Å². The summed E-state index contributed by atoms with van der Waals surface area (Å²) in [6, 6.07) is 7.42. The van der Waals surface area contributed by atoms with E-state index >= 15 is 0 Å². The zero-order chi connectivity index (χ0) is 13.8. The molecule has 1 amide bonds. The number of rotatable bonds is 4. The van der Waals surface area contributed by atoms with Gasteiger partial charge in [0, 0.05) is 21.0 Å². The van der Waals surface area contributed by atoms with Gasteiger partial charge in [-0.05, 0) is 38.1 Å². The topological polar surface area (TPSA) is 80.0 Å². The van der Waals surface area contributed by atoms with Gasteiger partial charge in [0.1, 0.15) is 5.82 Å². The summed E-state index contributed by atoms with van der Waals surface area (Å²) in [6.45, 7) is 4.39. The molecule has 2 heterocycles. The summed E-state index contributed by atoms with van der Waals surface area (Å²) in [6.07, 6.45) is 0. The van der Waals surface area contributed by atoms with E-state index in [1.807, 2.05) is 26.0 Å². The van der Waals surface area contributed by atoms with E-state index in [-0.39, 0.29) is 5.91 Å². The van der Waals surface area contributed by atoms with Crippen molar-refractivity contribution >= 4 is 23.1 Å². The summed E-state index contributed by atoms with van der Waals surface area (Å²) in [4.78, 5) is 18.6. The second-order valence-corrected chi connectivity index (χ2v) is 5.59. The molecule has 0 fully saturated rings. The van der Waals surface area contributed by atoms with Gasteiger partial charge in [0.2, 0.25) is 0 Å². The van der Waals surface area contributed by atoms with Crippen molar-refractivity contribution in [2.45, 2.75) is 20.4 Å². The third-order valence-electron chi connectivity index (χ3n) is 2.58. The second kappa shape index (κ2) is 5.81. The van der Waals surface area contributed by atoms with Crippen molar-refractivity contribution in [3.05, 3.63) is 45.3 Å². The molecule has 0 radical (unpaired) electrons. The van der Waals surface area contributed by atoms with Gasteiger partial charge in [-0.25, -0.2) is 10.8 Å². The first-order valence-corrected chi connectivity index (χ1v) is 6.69. The van der Waals surface area contributed by atoms with Gasteiger partial charge in [-0.1, -0.05) is 0 Å². The highest BCUT2D eigenvalue weighted by molar-refractivity contribution is 7.11. The van der Waals surface area contributed by atoms with Crippen molar-refractivity contribution in [2.24, 2.45) is 5.84 Å². The lowest BCUT2D eigenvalue weighted by Crippen LogP contribution is -2.23. The molecule has 0 unspecified atom stereocenters. The lowest BCUT2D eigenvalue weighted by molar-refractivity contribution is 0.0951. The SMILES string of the molecule is Cc1cc(C(=O)NCc2ccc(C)s2)cc(NN)n1. The predicted octanol–water partition coefficient (Wildman–Crippen LogP) is 1.98. The molecular weight excluding hydrogens is 260 g/mol. The lowest BCUT2D eigenvalue weighted by atomic mass is 10.2. The summed E-state index contributed by atoms with van der Waals surface area (Å²) >= 11 is 1.68. The molecule has 0 aliphatic heterocycles. The summed E-state index contributed by atoms with van der Waals surface area (Å²) < 4.78 is 0. The first-order valence-electron chi connectivity index (χ1n) is 5.87. The van der Waals surface area contributed by atoms with Crippen LogP contribution >= 0.6 is 11.3 Å². The molecule has 0 saturated carbocycles. The van der Waals surface area contributed by atoms with E-state index in [1.54, 1.807) is 23.5 Å². The Labute approximate surface area is 115 Å². The minimum Gasteiger partial charge on any atom is -0.347 e. The third-order valence-corrected chi connectivity index (χ3v) is 3.58. The van der Waals surface area contributed by atoms with Crippen LogP contribution in [0, 0.1) is 13.8 Å². The molecule has 0 aliphatic carbocycles. The van der Waals surface area contributed by atoms with Crippen LogP contribution in [0.3, 0.4) is 0 Å². The van der Waals surface area contributed by atoms with Crippen molar-refractivity contribution in [3.8, 4) is 0 Å². The Morgan fingerprint density at radius 3 is 2.79 bits per heavy atom. The molecule has 100 valence electrons. The Morgan fingerprint density at radius 2 is 2.16 bits per heavy atom. The molecule has 19 heavy (non-hydrogen) atoms. The minimum absolute atomic E-state index is 0.131. The molecule has 0 saturated heterocycles. The number of aryl methyl sites for hydroxylation is 2. The monoisotopic (exact) mass is 276 g/mol. The molecule has 2 rings (SSSR count). The Hall–Kier alpha value is -1.92. The van der Waals surface area contributed by atoms with Crippen LogP contribution in [0.25, 0.3) is 0 Å². The molecule has 0 atom stereocenters. The number of anilines is 1. The van der Waals surface area contributed by atoms with Gasteiger partial charge in [0.25, 0.3) is 5.91 Å². The number of carbonyl (C=O) groups excluding carboxylic acids is 1. The highest BCUT2D eigenvalue weighted by Gasteiger charge is 2.08. The molecule has 2 aromatic rings. The van der Waals surface area contributed by atoms with Crippen LogP contribution in [0.15, 0.2) is 24.3 Å². The maximum atomic E-state index is 12.0. The average Bonchev–Trinajstić information content (AvgIpc) is 2.81. The Bertz CT molecular complexity index is 594. The number of nitrogens with zero attached hydrogens (tertiary/aromatic N) is 1. The van der Waals surface area contributed by atoms with Crippen LogP contribution in [0.5, 0.6) is 0 Å². The summed E-state index contributed by atoms with van der Waals surface area (Å²) in [5.41, 5.74) is 3.74. The fourth-order valence-electron chi connectivity index (χ4n) is 1.72. The number of amides is 1. The predicted molar refractivity (Wildman–Crippen MR) is 77.0 cm³/mol. The van der Waals surface area contributed by atoms with Crippen LogP contribution in [0.1, 0.15) is 25.8 Å². The number of carbonyl (C=O) groups is 1. The fourth-order valence-corrected chi connectivity index (χ4v) is 2.55. The number of pyridine rings is 1. The summed E-state index contributed by atoms with van der Waals surface area (Å²) in [7, 11) is 0. The smallest absolute Gasteiger partial charge is 0.251 e. The van der Waals surface area contributed by atoms with Gasteiger partial charge in [-0.2, -0.15) is 0 Å². The number of nitrogens with one attached hydrogen (secondary N) is 2. The molecule has 0 bridgehead atoms. The van der Waals surface area contributed by atoms with Crippen LogP contribution in [-0.2, 0) is 6.54 Å². The van der Waals surface area contributed by atoms with Gasteiger partial charge in [-0.3, -0.25) is 4.79 Å². The summed E-state index contributed by atoms with van der Waals surface area (Å²) in [5.74, 6) is 5.66. The number of nitrogen functional groups attached to an aromatic ring is 1. The van der Waals surface area contributed by atoms with E-state index in [0.29, 0.717) is 17.9 Å². The van der Waals surface area contributed by atoms with Gasteiger partial charge >= 0.3 is 0 Å². The molecule has 0 aliphatic rings. The molecular formula is C13H16N4OS. The van der Waals surface area contributed by atoms with E-state index in [4.69, 9.17) is 5.84 Å². The molecule has 0 spiro atoms. The zero-order valence-corrected chi connectivity index (χ0v) is 11.7. The first kappa shape index (κ1) is 13.5. The van der Waals surface area contributed by atoms with Crippen LogP contribution in [0.2, 0.25) is 0 Å². The molecule has 2 aromatic heterocycles. The molecule has 6 heteroatoms. The Balaban J connectivity index is 2.05. The minimum atomic E-state index is -0.131. The second-order valence-electron chi connectivity index (χ2n) is 4.22. The van der Waals surface area contributed by atoms with Crippen molar-refractivity contribution in [1.82, 2.24) is 10.3 Å². The number of thiophene rings is 1. The highest BCUT2D eigenvalue weighted by atomic mass is 32.1. The van der Waals surface area contributed by atoms with Gasteiger partial charge in [0.05, 0.1) is 6.54 Å². The standard InChI is InChI=1S/C13H16N4OS/c1-8-5-10(6-12(16-8)17-14)13(18)15-7-11-4-3-9(2)19-11/h3-6H,7,14H2,1-2H3,(H,15,18)(H,16,17). The number of hydrazine groups is 1. The third kappa shape index (κ3) is 3.52. The molecule has 5 nitrogen and oxygen atoms in total. The van der Waals surface area contributed by atoms with Crippen LogP contribution < -0.4 is 16.6 Å². The quantitative estimate of drug-likeness (QED) is 0.589. The fraction of sp³-hybridized carbons (Fsp3) is 0.231. The Kier molecular flexibility index (Phi) is 4.13. The van der Waals surface area contributed by atoms with E-state index in [9.17, 15) is 4.79 Å². The van der Waals surface area contributed by atoms with Gasteiger partial charge < -0.3 is 10.7 Å². The normalized spacial score (nSPS) is 10.3. The number of nitrogens with two attached hydrogens (primary N) is 1. The van der Waals surface area contributed by atoms with E-state index in [1.165, 1.54) is 4.88 Å². The average molecular weight is 276 g/mol.